The summed E-state index contributed by atoms with van der Waals surface area (Å²) in [6, 6.07) is 8.15. The van der Waals surface area contributed by atoms with Crippen LogP contribution in [0.25, 0.3) is 0 Å². The quantitative estimate of drug-likeness (QED) is 0.787. The fourth-order valence-electron chi connectivity index (χ4n) is 2.42. The van der Waals surface area contributed by atoms with E-state index in [0.717, 1.165) is 23.1 Å². The predicted octanol–water partition coefficient (Wildman–Crippen LogP) is 4.19. The fourth-order valence-corrected chi connectivity index (χ4v) is 4.51. The monoisotopic (exact) mass is 416 g/mol. The molecular formula is C17H15F3N2O3S2. The van der Waals surface area contributed by atoms with Crippen molar-refractivity contribution in [2.24, 2.45) is 5.92 Å². The summed E-state index contributed by atoms with van der Waals surface area (Å²) in [5.74, 6) is 0.111. The van der Waals surface area contributed by atoms with Gasteiger partial charge in [-0.3, -0.25) is 9.52 Å². The summed E-state index contributed by atoms with van der Waals surface area (Å²) in [7, 11) is -4.13. The Kier molecular flexibility index (Phi) is 5.13. The number of carbonyl (C=O) groups is 1. The predicted molar refractivity (Wildman–Crippen MR) is 97.2 cm³/mol. The molecule has 1 unspecified atom stereocenters. The first-order valence-corrected chi connectivity index (χ1v) is 10.3. The van der Waals surface area contributed by atoms with E-state index in [1.807, 2.05) is 0 Å². The number of thioether (sulfide) groups is 1. The summed E-state index contributed by atoms with van der Waals surface area (Å²) < 4.78 is 65.7. The third-order valence-electron chi connectivity index (χ3n) is 3.90. The number of rotatable bonds is 3. The van der Waals surface area contributed by atoms with E-state index in [2.05, 4.69) is 10.0 Å². The molecule has 1 heterocycles. The van der Waals surface area contributed by atoms with Crippen LogP contribution in [0.1, 0.15) is 12.5 Å². The summed E-state index contributed by atoms with van der Waals surface area (Å²) in [5, 5.41) is 2.68. The molecule has 1 aliphatic rings. The zero-order valence-corrected chi connectivity index (χ0v) is 15.6. The average molecular weight is 416 g/mol. The molecule has 0 spiro atoms. The van der Waals surface area contributed by atoms with Crippen LogP contribution in [0, 0.1) is 5.92 Å². The zero-order chi connectivity index (χ0) is 19.8. The van der Waals surface area contributed by atoms with Crippen LogP contribution in [0.2, 0.25) is 0 Å². The van der Waals surface area contributed by atoms with Crippen molar-refractivity contribution >= 4 is 39.1 Å². The number of anilines is 2. The summed E-state index contributed by atoms with van der Waals surface area (Å²) in [4.78, 5) is 12.5. The summed E-state index contributed by atoms with van der Waals surface area (Å²) >= 11 is 1.43. The van der Waals surface area contributed by atoms with E-state index in [4.69, 9.17) is 0 Å². The number of hydrogen-bond donors (Lipinski definition) is 2. The molecule has 0 saturated carbocycles. The lowest BCUT2D eigenvalue weighted by molar-refractivity contribution is -0.137. The van der Waals surface area contributed by atoms with Gasteiger partial charge < -0.3 is 5.32 Å². The van der Waals surface area contributed by atoms with Crippen molar-refractivity contribution in [3.05, 3.63) is 48.0 Å². The molecule has 1 atom stereocenters. The highest BCUT2D eigenvalue weighted by Crippen LogP contribution is 2.35. The molecule has 0 aliphatic carbocycles. The summed E-state index contributed by atoms with van der Waals surface area (Å²) in [5.41, 5.74) is -0.796. The number of hydrogen-bond acceptors (Lipinski definition) is 4. The Labute approximate surface area is 158 Å². The molecule has 0 fully saturated rings. The number of alkyl halides is 3. The van der Waals surface area contributed by atoms with Crippen molar-refractivity contribution in [2.45, 2.75) is 22.9 Å². The van der Waals surface area contributed by atoms with Gasteiger partial charge in [-0.05, 0) is 36.4 Å². The molecule has 0 saturated heterocycles. The van der Waals surface area contributed by atoms with E-state index in [9.17, 15) is 26.4 Å². The molecule has 10 heteroatoms. The lowest BCUT2D eigenvalue weighted by Crippen LogP contribution is -2.20. The minimum atomic E-state index is -4.58. The Hall–Kier alpha value is -2.20. The van der Waals surface area contributed by atoms with E-state index < -0.39 is 21.8 Å². The van der Waals surface area contributed by atoms with Crippen LogP contribution in [0.15, 0.2) is 52.3 Å². The zero-order valence-electron chi connectivity index (χ0n) is 14.0. The Balaban J connectivity index is 1.90. The van der Waals surface area contributed by atoms with Gasteiger partial charge in [0.2, 0.25) is 5.91 Å². The molecule has 5 nitrogen and oxygen atoms in total. The van der Waals surface area contributed by atoms with Gasteiger partial charge in [0.15, 0.2) is 0 Å². The Morgan fingerprint density at radius 2 is 1.93 bits per heavy atom. The number of benzene rings is 2. The molecule has 0 aromatic heterocycles. The Morgan fingerprint density at radius 1 is 1.19 bits per heavy atom. The highest BCUT2D eigenvalue weighted by molar-refractivity contribution is 7.99. The second-order valence-electron chi connectivity index (χ2n) is 6.04. The van der Waals surface area contributed by atoms with Gasteiger partial charge in [-0.1, -0.05) is 13.0 Å². The first kappa shape index (κ1) is 19.6. The molecule has 3 rings (SSSR count). The largest absolute Gasteiger partial charge is 0.416 e. The molecule has 2 aromatic rings. The van der Waals surface area contributed by atoms with E-state index in [0.29, 0.717) is 11.4 Å². The first-order chi connectivity index (χ1) is 12.6. The number of halogens is 3. The molecule has 1 aliphatic heterocycles. The minimum Gasteiger partial charge on any atom is -0.325 e. The van der Waals surface area contributed by atoms with Gasteiger partial charge in [0.1, 0.15) is 0 Å². The van der Waals surface area contributed by atoms with E-state index in [1.54, 1.807) is 13.0 Å². The topological polar surface area (TPSA) is 75.3 Å². The van der Waals surface area contributed by atoms with Crippen molar-refractivity contribution in [2.75, 3.05) is 15.8 Å². The Morgan fingerprint density at radius 3 is 2.63 bits per heavy atom. The second kappa shape index (κ2) is 7.08. The van der Waals surface area contributed by atoms with Gasteiger partial charge in [-0.2, -0.15) is 13.2 Å². The number of nitrogens with one attached hydrogen (secondary N) is 2. The van der Waals surface area contributed by atoms with Crippen molar-refractivity contribution in [1.82, 2.24) is 0 Å². The van der Waals surface area contributed by atoms with Gasteiger partial charge in [-0.15, -0.1) is 11.8 Å². The lowest BCUT2D eigenvalue weighted by atomic mass is 10.2. The number of amides is 1. The van der Waals surface area contributed by atoms with Crippen LogP contribution in [-0.4, -0.2) is 20.1 Å². The number of fused-ring (bicyclic) bond motifs is 1. The number of sulfonamides is 1. The second-order valence-corrected chi connectivity index (χ2v) is 8.79. The van der Waals surface area contributed by atoms with E-state index >= 15 is 0 Å². The molecule has 2 aromatic carbocycles. The molecule has 2 N–H and O–H groups in total. The third kappa shape index (κ3) is 4.38. The van der Waals surface area contributed by atoms with Crippen molar-refractivity contribution in [3.63, 3.8) is 0 Å². The van der Waals surface area contributed by atoms with Gasteiger partial charge in [0.25, 0.3) is 10.0 Å². The van der Waals surface area contributed by atoms with Crippen molar-refractivity contribution < 1.29 is 26.4 Å². The van der Waals surface area contributed by atoms with Gasteiger partial charge in [0, 0.05) is 22.3 Å². The maximum atomic E-state index is 12.8. The van der Waals surface area contributed by atoms with Crippen LogP contribution in [0.4, 0.5) is 24.5 Å². The summed E-state index contributed by atoms with van der Waals surface area (Å²) in [6.45, 7) is 1.76. The molecular weight excluding hydrogens is 401 g/mol. The summed E-state index contributed by atoms with van der Waals surface area (Å²) in [6.07, 6.45) is -4.58. The number of carbonyl (C=O) groups excluding carboxylic acids is 1. The highest BCUT2D eigenvalue weighted by Gasteiger charge is 2.31. The van der Waals surface area contributed by atoms with E-state index in [1.165, 1.54) is 30.0 Å². The molecule has 0 bridgehead atoms. The maximum Gasteiger partial charge on any atom is 0.416 e. The standard InChI is InChI=1S/C17H15F3N2O3S2/c1-10-9-26-15-6-5-13(8-14(15)21-16(10)23)27(24,25)22-12-4-2-3-11(7-12)17(18,19)20/h2-8,10,22H,9H2,1H3,(H,21,23). The van der Waals surface area contributed by atoms with Crippen molar-refractivity contribution in [1.29, 1.82) is 0 Å². The molecule has 1 amide bonds. The van der Waals surface area contributed by atoms with E-state index in [-0.39, 0.29) is 22.4 Å². The molecule has 27 heavy (non-hydrogen) atoms. The van der Waals surface area contributed by atoms with Crippen LogP contribution in [0.5, 0.6) is 0 Å². The highest BCUT2D eigenvalue weighted by atomic mass is 32.2. The smallest absolute Gasteiger partial charge is 0.325 e. The third-order valence-corrected chi connectivity index (χ3v) is 6.61. The Bertz CT molecular complexity index is 991. The molecule has 144 valence electrons. The fraction of sp³-hybridized carbons (Fsp3) is 0.235. The van der Waals surface area contributed by atoms with Crippen LogP contribution in [-0.2, 0) is 21.0 Å². The van der Waals surface area contributed by atoms with Crippen LogP contribution >= 0.6 is 11.8 Å². The normalized spacial score (nSPS) is 17.6. The first-order valence-electron chi connectivity index (χ1n) is 7.84. The van der Waals surface area contributed by atoms with Gasteiger partial charge in [0.05, 0.1) is 16.1 Å². The van der Waals surface area contributed by atoms with Gasteiger partial charge >= 0.3 is 6.18 Å². The van der Waals surface area contributed by atoms with Crippen LogP contribution < -0.4 is 10.0 Å². The SMILES string of the molecule is CC1CSc2ccc(S(=O)(=O)Nc3cccc(C(F)(F)F)c3)cc2NC1=O. The maximum absolute atomic E-state index is 12.8. The molecule has 0 radical (unpaired) electrons. The average Bonchev–Trinajstić information content (AvgIpc) is 2.72. The van der Waals surface area contributed by atoms with Gasteiger partial charge in [-0.25, -0.2) is 8.42 Å². The lowest BCUT2D eigenvalue weighted by Gasteiger charge is -2.13. The van der Waals surface area contributed by atoms with Crippen LogP contribution in [0.3, 0.4) is 0 Å². The minimum absolute atomic E-state index is 0.158. The van der Waals surface area contributed by atoms with Crippen molar-refractivity contribution in [3.8, 4) is 0 Å².